The van der Waals surface area contributed by atoms with Crippen molar-refractivity contribution in [3.8, 4) is 0 Å². The van der Waals surface area contributed by atoms with E-state index in [9.17, 15) is 4.79 Å². The van der Waals surface area contributed by atoms with Gasteiger partial charge in [0.25, 0.3) is 0 Å². The van der Waals surface area contributed by atoms with E-state index in [1.807, 2.05) is 0 Å². The predicted octanol–water partition coefficient (Wildman–Crippen LogP) is 0.0772. The lowest BCUT2D eigenvalue weighted by Crippen LogP contribution is -2.08. The number of alkyl halides is 1. The predicted molar refractivity (Wildman–Crippen MR) is 27.0 cm³/mol. The molecule has 0 saturated carbocycles. The van der Waals surface area contributed by atoms with Crippen molar-refractivity contribution in [2.75, 3.05) is 5.88 Å². The van der Waals surface area contributed by atoms with E-state index >= 15 is 0 Å². The standard InChI is InChI=1S/C4H5ClO3/c5-1-2-3(8-2)4(6)7/h2-3H,1H2,(H,6,7)/t2-,3-/m0/s1. The molecule has 46 valence electrons. The molecule has 0 radical (unpaired) electrons. The molecule has 3 nitrogen and oxygen atoms in total. The normalized spacial score (nSPS) is 34.6. The van der Waals surface area contributed by atoms with Crippen LogP contribution in [-0.4, -0.2) is 29.2 Å². The van der Waals surface area contributed by atoms with Crippen LogP contribution in [0, 0.1) is 0 Å². The SMILES string of the molecule is O=C(O)[C@H]1O[C@H]1CCl. The molecule has 1 rings (SSSR count). The van der Waals surface area contributed by atoms with Gasteiger partial charge in [-0.15, -0.1) is 11.6 Å². The molecule has 0 spiro atoms. The summed E-state index contributed by atoms with van der Waals surface area (Å²) >= 11 is 5.25. The van der Waals surface area contributed by atoms with Crippen molar-refractivity contribution in [2.45, 2.75) is 12.2 Å². The summed E-state index contributed by atoms with van der Waals surface area (Å²) in [6, 6.07) is 0. The van der Waals surface area contributed by atoms with Gasteiger partial charge >= 0.3 is 5.97 Å². The second-order valence-electron chi connectivity index (χ2n) is 1.59. The molecule has 0 bridgehead atoms. The summed E-state index contributed by atoms with van der Waals surface area (Å²) in [5, 5.41) is 8.17. The number of hydrogen-bond acceptors (Lipinski definition) is 2. The zero-order valence-corrected chi connectivity index (χ0v) is 4.76. The van der Waals surface area contributed by atoms with Gasteiger partial charge < -0.3 is 9.84 Å². The van der Waals surface area contributed by atoms with Gasteiger partial charge in [-0.3, -0.25) is 0 Å². The first-order chi connectivity index (χ1) is 3.75. The first-order valence-corrected chi connectivity index (χ1v) is 2.73. The molecule has 1 saturated heterocycles. The fraction of sp³-hybridized carbons (Fsp3) is 0.750. The number of rotatable bonds is 2. The molecule has 2 atom stereocenters. The van der Waals surface area contributed by atoms with Gasteiger partial charge in [0.05, 0.1) is 5.88 Å². The van der Waals surface area contributed by atoms with Gasteiger partial charge in [0, 0.05) is 0 Å². The van der Waals surface area contributed by atoms with Crippen molar-refractivity contribution >= 4 is 17.6 Å². The van der Waals surface area contributed by atoms with Gasteiger partial charge in [0.2, 0.25) is 0 Å². The molecule has 1 aliphatic heterocycles. The van der Waals surface area contributed by atoms with E-state index in [0.717, 1.165) is 0 Å². The highest BCUT2D eigenvalue weighted by molar-refractivity contribution is 6.18. The van der Waals surface area contributed by atoms with E-state index in [1.165, 1.54) is 0 Å². The minimum Gasteiger partial charge on any atom is -0.479 e. The molecule has 1 heterocycles. The highest BCUT2D eigenvalue weighted by Gasteiger charge is 2.44. The molecule has 4 heteroatoms. The average Bonchev–Trinajstić information content (AvgIpc) is 2.42. The summed E-state index contributed by atoms with van der Waals surface area (Å²) in [5.74, 6) is -0.646. The van der Waals surface area contributed by atoms with Crippen LogP contribution in [0.2, 0.25) is 0 Å². The van der Waals surface area contributed by atoms with Gasteiger partial charge in [-0.05, 0) is 0 Å². The minimum atomic E-state index is -0.921. The Labute approximate surface area is 51.2 Å². The fourth-order valence-electron chi connectivity index (χ4n) is 0.477. The minimum absolute atomic E-state index is 0.242. The van der Waals surface area contributed by atoms with Gasteiger partial charge in [-0.2, -0.15) is 0 Å². The van der Waals surface area contributed by atoms with E-state index in [2.05, 4.69) is 4.74 Å². The van der Waals surface area contributed by atoms with Crippen LogP contribution in [0.3, 0.4) is 0 Å². The van der Waals surface area contributed by atoms with E-state index in [4.69, 9.17) is 16.7 Å². The number of epoxide rings is 1. The zero-order chi connectivity index (χ0) is 6.15. The number of halogens is 1. The Morgan fingerprint density at radius 1 is 1.88 bits per heavy atom. The zero-order valence-electron chi connectivity index (χ0n) is 4.00. The summed E-state index contributed by atoms with van der Waals surface area (Å²) < 4.78 is 4.60. The number of ether oxygens (including phenoxy) is 1. The third kappa shape index (κ3) is 0.928. The monoisotopic (exact) mass is 136 g/mol. The van der Waals surface area contributed by atoms with Crippen LogP contribution in [0.15, 0.2) is 0 Å². The number of carbonyl (C=O) groups is 1. The lowest BCUT2D eigenvalue weighted by molar-refractivity contribution is -0.138. The smallest absolute Gasteiger partial charge is 0.335 e. The summed E-state index contributed by atoms with van der Waals surface area (Å²) in [6.45, 7) is 0. The molecular formula is C4H5ClO3. The van der Waals surface area contributed by atoms with Crippen molar-refractivity contribution in [2.24, 2.45) is 0 Å². The Kier molecular flexibility index (Phi) is 1.40. The van der Waals surface area contributed by atoms with Crippen molar-refractivity contribution in [1.82, 2.24) is 0 Å². The van der Waals surface area contributed by atoms with Crippen LogP contribution in [0.4, 0.5) is 0 Å². The summed E-state index contributed by atoms with van der Waals surface area (Å²) in [7, 11) is 0. The van der Waals surface area contributed by atoms with E-state index in [-0.39, 0.29) is 12.0 Å². The first-order valence-electron chi connectivity index (χ1n) is 2.20. The number of carboxylic acids is 1. The van der Waals surface area contributed by atoms with Crippen molar-refractivity contribution < 1.29 is 14.6 Å². The Morgan fingerprint density at radius 3 is 2.62 bits per heavy atom. The van der Waals surface area contributed by atoms with Gasteiger partial charge in [-0.1, -0.05) is 0 Å². The Balaban J connectivity index is 2.26. The maximum absolute atomic E-state index is 9.95. The fourth-order valence-corrected chi connectivity index (χ4v) is 0.712. The maximum Gasteiger partial charge on any atom is 0.335 e. The molecule has 0 aliphatic carbocycles. The molecule has 1 fully saturated rings. The number of hydrogen-bond donors (Lipinski definition) is 1. The van der Waals surface area contributed by atoms with E-state index < -0.39 is 12.1 Å². The third-order valence-electron chi connectivity index (χ3n) is 0.978. The van der Waals surface area contributed by atoms with Gasteiger partial charge in [0.15, 0.2) is 6.10 Å². The van der Waals surface area contributed by atoms with Crippen molar-refractivity contribution in [3.05, 3.63) is 0 Å². The van der Waals surface area contributed by atoms with Crippen LogP contribution < -0.4 is 0 Å². The highest BCUT2D eigenvalue weighted by Crippen LogP contribution is 2.22. The molecule has 0 aromatic rings. The molecule has 1 aliphatic rings. The quantitative estimate of drug-likeness (QED) is 0.432. The van der Waals surface area contributed by atoms with Gasteiger partial charge in [0.1, 0.15) is 6.10 Å². The number of aliphatic carboxylic acids is 1. The Bertz CT molecular complexity index is 114. The lowest BCUT2D eigenvalue weighted by atomic mass is 10.3. The molecule has 1 N–H and O–H groups in total. The summed E-state index contributed by atoms with van der Waals surface area (Å²) in [5.41, 5.74) is 0. The van der Waals surface area contributed by atoms with Crippen molar-refractivity contribution in [3.63, 3.8) is 0 Å². The van der Waals surface area contributed by atoms with E-state index in [0.29, 0.717) is 0 Å². The molecule has 0 amide bonds. The molecule has 0 aromatic carbocycles. The Morgan fingerprint density at radius 2 is 2.50 bits per heavy atom. The average molecular weight is 137 g/mol. The summed E-state index contributed by atoms with van der Waals surface area (Å²) in [6.07, 6.45) is -0.873. The first kappa shape index (κ1) is 5.85. The van der Waals surface area contributed by atoms with Crippen molar-refractivity contribution in [1.29, 1.82) is 0 Å². The second kappa shape index (κ2) is 1.91. The van der Waals surface area contributed by atoms with Crippen LogP contribution >= 0.6 is 11.6 Å². The van der Waals surface area contributed by atoms with Crippen LogP contribution in [-0.2, 0) is 9.53 Å². The second-order valence-corrected chi connectivity index (χ2v) is 1.90. The van der Waals surface area contributed by atoms with E-state index in [1.54, 1.807) is 0 Å². The lowest BCUT2D eigenvalue weighted by Gasteiger charge is -1.77. The molecule has 0 aromatic heterocycles. The third-order valence-corrected chi connectivity index (χ3v) is 1.28. The largest absolute Gasteiger partial charge is 0.479 e. The highest BCUT2D eigenvalue weighted by atomic mass is 35.5. The molecular weight excluding hydrogens is 131 g/mol. The molecule has 8 heavy (non-hydrogen) atoms. The van der Waals surface area contributed by atoms with Crippen LogP contribution in [0.25, 0.3) is 0 Å². The maximum atomic E-state index is 9.95. The summed E-state index contributed by atoms with van der Waals surface area (Å²) in [4.78, 5) is 9.95. The topological polar surface area (TPSA) is 49.8 Å². The molecule has 0 unspecified atom stereocenters. The number of carboxylic acid groups (broad SMARTS) is 1. The van der Waals surface area contributed by atoms with Crippen LogP contribution in [0.5, 0.6) is 0 Å². The van der Waals surface area contributed by atoms with Gasteiger partial charge in [-0.25, -0.2) is 4.79 Å². The van der Waals surface area contributed by atoms with Crippen LogP contribution in [0.1, 0.15) is 0 Å². The Hall–Kier alpha value is -0.280.